The minimum atomic E-state index is 0.341. The smallest absolute Gasteiger partial charge is 0.222 e. The molecule has 0 spiro atoms. The van der Waals surface area contributed by atoms with Crippen molar-refractivity contribution in [3.63, 3.8) is 0 Å². The summed E-state index contributed by atoms with van der Waals surface area (Å²) in [5, 5.41) is 0. The zero-order valence-corrected chi connectivity index (χ0v) is 8.76. The summed E-state index contributed by atoms with van der Waals surface area (Å²) in [7, 11) is 0. The summed E-state index contributed by atoms with van der Waals surface area (Å²) >= 11 is 0. The van der Waals surface area contributed by atoms with Crippen molar-refractivity contribution in [2.45, 2.75) is 40.5 Å². The first kappa shape index (κ1) is 11.5. The van der Waals surface area contributed by atoms with Crippen LogP contribution in [-0.2, 0) is 4.79 Å². The van der Waals surface area contributed by atoms with Crippen LogP contribution in [0, 0.1) is 5.92 Å². The summed E-state index contributed by atoms with van der Waals surface area (Å²) in [6, 6.07) is 0. The Kier molecular flexibility index (Phi) is 5.77. The van der Waals surface area contributed by atoms with Crippen LogP contribution in [0.4, 0.5) is 0 Å². The molecular weight excluding hydrogens is 150 g/mol. The average Bonchev–Trinajstić information content (AvgIpc) is 2.40. The van der Waals surface area contributed by atoms with E-state index in [1.807, 2.05) is 18.7 Å². The largest absolute Gasteiger partial charge is 0.342 e. The summed E-state index contributed by atoms with van der Waals surface area (Å²) in [5.74, 6) is 0.954. The minimum absolute atomic E-state index is 0.341. The lowest BCUT2D eigenvalue weighted by molar-refractivity contribution is -0.128. The Morgan fingerprint density at radius 2 is 2.00 bits per heavy atom. The fraction of sp³-hybridized carbons (Fsp3) is 0.900. The van der Waals surface area contributed by atoms with Crippen LogP contribution in [0.2, 0.25) is 0 Å². The number of likely N-dealkylation sites (tertiary alicyclic amines) is 1. The molecule has 0 N–H and O–H groups in total. The van der Waals surface area contributed by atoms with Gasteiger partial charge in [0.2, 0.25) is 5.91 Å². The van der Waals surface area contributed by atoms with Crippen LogP contribution in [0.1, 0.15) is 40.5 Å². The van der Waals surface area contributed by atoms with Gasteiger partial charge in [-0.1, -0.05) is 27.7 Å². The van der Waals surface area contributed by atoms with Crippen molar-refractivity contribution >= 4 is 5.91 Å². The SMILES string of the molecule is CC.CC(C)CN1CCCC1=O. The van der Waals surface area contributed by atoms with Crippen molar-refractivity contribution in [2.75, 3.05) is 13.1 Å². The number of carbonyl (C=O) groups is 1. The van der Waals surface area contributed by atoms with Gasteiger partial charge >= 0.3 is 0 Å². The first-order valence-electron chi connectivity index (χ1n) is 4.98. The minimum Gasteiger partial charge on any atom is -0.342 e. The van der Waals surface area contributed by atoms with Gasteiger partial charge in [0, 0.05) is 19.5 Å². The van der Waals surface area contributed by atoms with E-state index in [0.717, 1.165) is 25.9 Å². The Balaban J connectivity index is 0.000000561. The molecule has 1 fully saturated rings. The number of hydrogen-bond acceptors (Lipinski definition) is 1. The zero-order valence-electron chi connectivity index (χ0n) is 8.76. The first-order valence-corrected chi connectivity index (χ1v) is 4.98. The van der Waals surface area contributed by atoms with Gasteiger partial charge in [0.25, 0.3) is 0 Å². The highest BCUT2D eigenvalue weighted by atomic mass is 16.2. The molecule has 0 saturated carbocycles. The molecule has 1 rings (SSSR count). The maximum absolute atomic E-state index is 11.0. The van der Waals surface area contributed by atoms with Gasteiger partial charge in [0.05, 0.1) is 0 Å². The third kappa shape index (κ3) is 3.74. The van der Waals surface area contributed by atoms with Crippen LogP contribution >= 0.6 is 0 Å². The van der Waals surface area contributed by atoms with Gasteiger partial charge in [-0.15, -0.1) is 0 Å². The zero-order chi connectivity index (χ0) is 9.56. The van der Waals surface area contributed by atoms with Gasteiger partial charge < -0.3 is 4.90 Å². The fourth-order valence-corrected chi connectivity index (χ4v) is 1.34. The van der Waals surface area contributed by atoms with E-state index in [4.69, 9.17) is 0 Å². The molecule has 1 aliphatic rings. The van der Waals surface area contributed by atoms with Crippen molar-refractivity contribution in [3.8, 4) is 0 Å². The molecule has 0 bridgehead atoms. The van der Waals surface area contributed by atoms with Gasteiger partial charge in [-0.25, -0.2) is 0 Å². The van der Waals surface area contributed by atoms with E-state index in [9.17, 15) is 4.79 Å². The molecule has 0 aromatic heterocycles. The molecule has 1 aliphatic heterocycles. The van der Waals surface area contributed by atoms with Gasteiger partial charge in [0.15, 0.2) is 0 Å². The molecule has 1 amide bonds. The lowest BCUT2D eigenvalue weighted by atomic mass is 10.2. The van der Waals surface area contributed by atoms with Crippen molar-refractivity contribution in [1.29, 1.82) is 0 Å². The van der Waals surface area contributed by atoms with Crippen LogP contribution in [-0.4, -0.2) is 23.9 Å². The average molecular weight is 171 g/mol. The molecule has 72 valence electrons. The molecule has 0 radical (unpaired) electrons. The maximum atomic E-state index is 11.0. The molecule has 0 aromatic carbocycles. The third-order valence-electron chi connectivity index (χ3n) is 1.76. The van der Waals surface area contributed by atoms with E-state index >= 15 is 0 Å². The standard InChI is InChI=1S/C8H15NO.C2H6/c1-7(2)6-9-5-3-4-8(9)10;1-2/h7H,3-6H2,1-2H3;1-2H3. The molecule has 0 atom stereocenters. The van der Waals surface area contributed by atoms with Gasteiger partial charge in [-0.3, -0.25) is 4.79 Å². The fourth-order valence-electron chi connectivity index (χ4n) is 1.34. The summed E-state index contributed by atoms with van der Waals surface area (Å²) < 4.78 is 0. The molecule has 0 aromatic rings. The predicted molar refractivity (Wildman–Crippen MR) is 52.0 cm³/mol. The molecule has 0 aliphatic carbocycles. The lowest BCUT2D eigenvalue weighted by Gasteiger charge is -2.17. The number of nitrogens with zero attached hydrogens (tertiary/aromatic N) is 1. The van der Waals surface area contributed by atoms with Crippen molar-refractivity contribution in [2.24, 2.45) is 5.92 Å². The number of rotatable bonds is 2. The molecule has 2 heteroatoms. The van der Waals surface area contributed by atoms with E-state index < -0.39 is 0 Å². The molecule has 1 heterocycles. The Bertz CT molecular complexity index is 132. The van der Waals surface area contributed by atoms with E-state index in [1.54, 1.807) is 0 Å². The van der Waals surface area contributed by atoms with Crippen LogP contribution in [0.5, 0.6) is 0 Å². The lowest BCUT2D eigenvalue weighted by Crippen LogP contribution is -2.28. The van der Waals surface area contributed by atoms with Crippen molar-refractivity contribution < 1.29 is 4.79 Å². The highest BCUT2D eigenvalue weighted by Gasteiger charge is 2.19. The number of carbonyl (C=O) groups excluding carboxylic acids is 1. The van der Waals surface area contributed by atoms with Crippen molar-refractivity contribution in [1.82, 2.24) is 4.90 Å². The van der Waals surface area contributed by atoms with E-state index in [-0.39, 0.29) is 0 Å². The molecular formula is C10H21NO. The van der Waals surface area contributed by atoms with E-state index in [2.05, 4.69) is 13.8 Å². The molecule has 12 heavy (non-hydrogen) atoms. The Morgan fingerprint density at radius 1 is 1.42 bits per heavy atom. The molecule has 0 unspecified atom stereocenters. The third-order valence-corrected chi connectivity index (χ3v) is 1.76. The van der Waals surface area contributed by atoms with E-state index in [0.29, 0.717) is 11.8 Å². The normalized spacial score (nSPS) is 16.4. The van der Waals surface area contributed by atoms with Gasteiger partial charge in [0.1, 0.15) is 0 Å². The molecule has 2 nitrogen and oxygen atoms in total. The molecule has 1 saturated heterocycles. The number of hydrogen-bond donors (Lipinski definition) is 0. The first-order chi connectivity index (χ1) is 5.70. The summed E-state index contributed by atoms with van der Waals surface area (Å²) in [4.78, 5) is 13.0. The topological polar surface area (TPSA) is 20.3 Å². The second-order valence-corrected chi connectivity index (χ2v) is 3.34. The Labute approximate surface area is 75.9 Å². The summed E-state index contributed by atoms with van der Waals surface area (Å²) in [6.07, 6.45) is 1.83. The monoisotopic (exact) mass is 171 g/mol. The number of amides is 1. The second kappa shape index (κ2) is 6.04. The summed E-state index contributed by atoms with van der Waals surface area (Å²) in [5.41, 5.74) is 0. The second-order valence-electron chi connectivity index (χ2n) is 3.34. The predicted octanol–water partition coefficient (Wildman–Crippen LogP) is 2.29. The van der Waals surface area contributed by atoms with E-state index in [1.165, 1.54) is 0 Å². The highest BCUT2D eigenvalue weighted by molar-refractivity contribution is 5.78. The summed E-state index contributed by atoms with van der Waals surface area (Å²) in [6.45, 7) is 10.2. The van der Waals surface area contributed by atoms with Crippen LogP contribution in [0.15, 0.2) is 0 Å². The maximum Gasteiger partial charge on any atom is 0.222 e. The Morgan fingerprint density at radius 3 is 2.33 bits per heavy atom. The Hall–Kier alpha value is -0.530. The quantitative estimate of drug-likeness (QED) is 0.624. The van der Waals surface area contributed by atoms with Crippen LogP contribution < -0.4 is 0 Å². The van der Waals surface area contributed by atoms with Gasteiger partial charge in [-0.05, 0) is 12.3 Å². The van der Waals surface area contributed by atoms with Crippen LogP contribution in [0.25, 0.3) is 0 Å². The van der Waals surface area contributed by atoms with Crippen LogP contribution in [0.3, 0.4) is 0 Å². The highest BCUT2D eigenvalue weighted by Crippen LogP contribution is 2.11. The van der Waals surface area contributed by atoms with Crippen molar-refractivity contribution in [3.05, 3.63) is 0 Å². The van der Waals surface area contributed by atoms with Gasteiger partial charge in [-0.2, -0.15) is 0 Å².